The second kappa shape index (κ2) is 4.39. The lowest BCUT2D eigenvalue weighted by molar-refractivity contribution is 0.606. The first-order chi connectivity index (χ1) is 4.93. The first-order valence-electron chi connectivity index (χ1n) is 3.40. The van der Waals surface area contributed by atoms with Gasteiger partial charge in [0.25, 0.3) is 0 Å². The van der Waals surface area contributed by atoms with E-state index in [0.29, 0.717) is 0 Å². The topological polar surface area (TPSA) is 17.8 Å². The Morgan fingerprint density at radius 2 is 2.50 bits per heavy atom. The van der Waals surface area contributed by atoms with E-state index in [0.717, 1.165) is 6.54 Å². The van der Waals surface area contributed by atoms with Crippen molar-refractivity contribution in [3.05, 3.63) is 18.5 Å². The normalized spacial score (nSPS) is 10.1. The molecule has 0 radical (unpaired) electrons. The minimum Gasteiger partial charge on any atom is -0.273 e. The summed E-state index contributed by atoms with van der Waals surface area (Å²) in [7, 11) is 0. The fourth-order valence-electron chi connectivity index (χ4n) is 0.804. The number of aryl methyl sites for hydroxylation is 1. The van der Waals surface area contributed by atoms with E-state index in [9.17, 15) is 0 Å². The summed E-state index contributed by atoms with van der Waals surface area (Å²) in [5.74, 6) is 1.22. The van der Waals surface area contributed by atoms with Crippen molar-refractivity contribution in [2.75, 3.05) is 12.0 Å². The number of aromatic nitrogens is 2. The van der Waals surface area contributed by atoms with E-state index < -0.39 is 0 Å². The third kappa shape index (κ3) is 2.43. The molecule has 1 rings (SSSR count). The fourth-order valence-corrected chi connectivity index (χ4v) is 1.22. The summed E-state index contributed by atoms with van der Waals surface area (Å²) in [4.78, 5) is 0. The van der Waals surface area contributed by atoms with E-state index in [2.05, 4.69) is 11.4 Å². The van der Waals surface area contributed by atoms with E-state index >= 15 is 0 Å². The van der Waals surface area contributed by atoms with Gasteiger partial charge in [-0.3, -0.25) is 4.68 Å². The van der Waals surface area contributed by atoms with Crippen LogP contribution in [0.15, 0.2) is 18.5 Å². The smallest absolute Gasteiger partial charge is 0.0489 e. The average Bonchev–Trinajstić information content (AvgIpc) is 2.41. The van der Waals surface area contributed by atoms with Crippen LogP contribution < -0.4 is 0 Å². The molecule has 1 aromatic heterocycles. The summed E-state index contributed by atoms with van der Waals surface area (Å²) in [6, 6.07) is 1.96. The zero-order valence-electron chi connectivity index (χ0n) is 6.16. The van der Waals surface area contributed by atoms with Crippen molar-refractivity contribution in [2.45, 2.75) is 13.0 Å². The van der Waals surface area contributed by atoms with Crippen molar-refractivity contribution < 1.29 is 0 Å². The van der Waals surface area contributed by atoms with Gasteiger partial charge >= 0.3 is 0 Å². The summed E-state index contributed by atoms with van der Waals surface area (Å²) in [6.45, 7) is 1.05. The molecule has 0 amide bonds. The Labute approximate surface area is 65.6 Å². The molecule has 3 heteroatoms. The number of rotatable bonds is 4. The third-order valence-electron chi connectivity index (χ3n) is 1.29. The van der Waals surface area contributed by atoms with Crippen LogP contribution in [0, 0.1) is 0 Å². The van der Waals surface area contributed by atoms with E-state index in [4.69, 9.17) is 0 Å². The van der Waals surface area contributed by atoms with Crippen LogP contribution in [0.25, 0.3) is 0 Å². The summed E-state index contributed by atoms with van der Waals surface area (Å²) in [5, 5.41) is 4.10. The van der Waals surface area contributed by atoms with Crippen LogP contribution in [0.2, 0.25) is 0 Å². The SMILES string of the molecule is CSCCCn1cccn1. The van der Waals surface area contributed by atoms with Crippen LogP contribution >= 0.6 is 11.8 Å². The van der Waals surface area contributed by atoms with Crippen LogP contribution in [-0.2, 0) is 6.54 Å². The first kappa shape index (κ1) is 7.66. The van der Waals surface area contributed by atoms with Gasteiger partial charge in [0.2, 0.25) is 0 Å². The van der Waals surface area contributed by atoms with Gasteiger partial charge in [-0.15, -0.1) is 0 Å². The quantitative estimate of drug-likeness (QED) is 0.617. The van der Waals surface area contributed by atoms with Gasteiger partial charge in [0.1, 0.15) is 0 Å². The van der Waals surface area contributed by atoms with Gasteiger partial charge in [0, 0.05) is 18.9 Å². The lowest BCUT2D eigenvalue weighted by atomic mass is 10.5. The molecule has 0 bridgehead atoms. The molecule has 0 unspecified atom stereocenters. The second-order valence-corrected chi connectivity index (χ2v) is 3.10. The Kier molecular flexibility index (Phi) is 3.36. The molecule has 0 atom stereocenters. The molecule has 0 aromatic carbocycles. The van der Waals surface area contributed by atoms with E-state index in [1.807, 2.05) is 34.9 Å². The molecule has 2 nitrogen and oxygen atoms in total. The monoisotopic (exact) mass is 156 g/mol. The molecule has 0 fully saturated rings. The number of nitrogens with zero attached hydrogens (tertiary/aromatic N) is 2. The molecule has 10 heavy (non-hydrogen) atoms. The van der Waals surface area contributed by atoms with Gasteiger partial charge in [-0.1, -0.05) is 0 Å². The van der Waals surface area contributed by atoms with Crippen molar-refractivity contribution in [2.24, 2.45) is 0 Å². The molecule has 1 heterocycles. The molecular weight excluding hydrogens is 144 g/mol. The number of thioether (sulfide) groups is 1. The van der Waals surface area contributed by atoms with Gasteiger partial charge in [0.05, 0.1) is 0 Å². The molecule has 0 aliphatic heterocycles. The molecule has 0 spiro atoms. The molecule has 1 aromatic rings. The van der Waals surface area contributed by atoms with Gasteiger partial charge in [-0.25, -0.2) is 0 Å². The highest BCUT2D eigenvalue weighted by atomic mass is 32.2. The first-order valence-corrected chi connectivity index (χ1v) is 4.79. The van der Waals surface area contributed by atoms with Crippen molar-refractivity contribution in [1.82, 2.24) is 9.78 Å². The minimum absolute atomic E-state index is 1.05. The number of hydrogen-bond acceptors (Lipinski definition) is 2. The largest absolute Gasteiger partial charge is 0.273 e. The standard InChI is InChI=1S/C7H12N2S/c1-10-7-3-6-9-5-2-4-8-9/h2,4-5H,3,6-7H2,1H3. The van der Waals surface area contributed by atoms with Crippen molar-refractivity contribution in [3.63, 3.8) is 0 Å². The fraction of sp³-hybridized carbons (Fsp3) is 0.571. The molecule has 0 aliphatic carbocycles. The molecule has 0 N–H and O–H groups in total. The summed E-state index contributed by atoms with van der Waals surface area (Å²) in [5.41, 5.74) is 0. The van der Waals surface area contributed by atoms with Gasteiger partial charge < -0.3 is 0 Å². The molecule has 0 saturated carbocycles. The van der Waals surface area contributed by atoms with Gasteiger partial charge in [-0.05, 0) is 24.5 Å². The lowest BCUT2D eigenvalue weighted by Gasteiger charge is -1.97. The van der Waals surface area contributed by atoms with Crippen LogP contribution in [0.5, 0.6) is 0 Å². The molecule has 56 valence electrons. The predicted molar refractivity (Wildman–Crippen MR) is 45.2 cm³/mol. The zero-order chi connectivity index (χ0) is 7.23. The second-order valence-electron chi connectivity index (χ2n) is 2.12. The highest BCUT2D eigenvalue weighted by molar-refractivity contribution is 7.98. The van der Waals surface area contributed by atoms with Crippen molar-refractivity contribution in [1.29, 1.82) is 0 Å². The highest BCUT2D eigenvalue weighted by Crippen LogP contribution is 1.97. The Morgan fingerprint density at radius 3 is 3.10 bits per heavy atom. The Bertz CT molecular complexity index is 160. The van der Waals surface area contributed by atoms with E-state index in [1.54, 1.807) is 0 Å². The predicted octanol–water partition coefficient (Wildman–Crippen LogP) is 1.64. The van der Waals surface area contributed by atoms with E-state index in [1.165, 1.54) is 12.2 Å². The Balaban J connectivity index is 2.15. The Morgan fingerprint density at radius 1 is 1.60 bits per heavy atom. The van der Waals surface area contributed by atoms with Gasteiger partial charge in [-0.2, -0.15) is 16.9 Å². The summed E-state index contributed by atoms with van der Waals surface area (Å²) >= 11 is 1.88. The minimum atomic E-state index is 1.05. The number of hydrogen-bond donors (Lipinski definition) is 0. The maximum atomic E-state index is 4.10. The van der Waals surface area contributed by atoms with E-state index in [-0.39, 0.29) is 0 Å². The third-order valence-corrected chi connectivity index (χ3v) is 1.99. The van der Waals surface area contributed by atoms with Crippen LogP contribution in [-0.4, -0.2) is 21.8 Å². The van der Waals surface area contributed by atoms with Crippen molar-refractivity contribution in [3.8, 4) is 0 Å². The van der Waals surface area contributed by atoms with Crippen LogP contribution in [0.3, 0.4) is 0 Å². The van der Waals surface area contributed by atoms with Crippen LogP contribution in [0.1, 0.15) is 6.42 Å². The maximum absolute atomic E-state index is 4.10. The molecule has 0 aliphatic rings. The van der Waals surface area contributed by atoms with Gasteiger partial charge in [0.15, 0.2) is 0 Å². The lowest BCUT2D eigenvalue weighted by Crippen LogP contribution is -1.98. The molecular formula is C7H12N2S. The van der Waals surface area contributed by atoms with Crippen molar-refractivity contribution >= 4 is 11.8 Å². The zero-order valence-corrected chi connectivity index (χ0v) is 6.97. The maximum Gasteiger partial charge on any atom is 0.0489 e. The average molecular weight is 156 g/mol. The highest BCUT2D eigenvalue weighted by Gasteiger charge is 1.88. The Hall–Kier alpha value is -0.440. The summed E-state index contributed by atoms with van der Waals surface area (Å²) in [6.07, 6.45) is 7.16. The van der Waals surface area contributed by atoms with Crippen LogP contribution in [0.4, 0.5) is 0 Å². The molecule has 0 saturated heterocycles. The summed E-state index contributed by atoms with van der Waals surface area (Å²) < 4.78 is 1.97.